The van der Waals surface area contributed by atoms with Gasteiger partial charge in [-0.25, -0.2) is 0 Å². The molecule has 0 bridgehead atoms. The van der Waals surface area contributed by atoms with Crippen molar-refractivity contribution in [3.05, 3.63) is 0 Å². The third-order valence-corrected chi connectivity index (χ3v) is 2.05. The maximum absolute atomic E-state index is 5.61. The second kappa shape index (κ2) is 4.83. The maximum atomic E-state index is 5.61. The number of hydrogen-bond donors (Lipinski definition) is 0. The summed E-state index contributed by atoms with van der Waals surface area (Å²) in [5.41, 5.74) is 0. The van der Waals surface area contributed by atoms with Crippen LogP contribution in [0.15, 0.2) is 0 Å². The fourth-order valence-electron chi connectivity index (χ4n) is 1.39. The standard InChI is InChI=1S/C10H20O2/c1-8(2)7-11-10-6-4-5-9(3)12-10/h8-10H,4-7H2,1-3H3/t9-,10?/m1/s1. The Bertz CT molecular complexity index is 123. The molecule has 1 saturated heterocycles. The lowest BCUT2D eigenvalue weighted by Gasteiger charge is -2.28. The van der Waals surface area contributed by atoms with Crippen LogP contribution >= 0.6 is 0 Å². The molecule has 1 rings (SSSR count). The van der Waals surface area contributed by atoms with E-state index in [1.54, 1.807) is 0 Å². The van der Waals surface area contributed by atoms with Gasteiger partial charge >= 0.3 is 0 Å². The quantitative estimate of drug-likeness (QED) is 0.651. The summed E-state index contributed by atoms with van der Waals surface area (Å²) >= 11 is 0. The molecule has 0 radical (unpaired) electrons. The van der Waals surface area contributed by atoms with Gasteiger partial charge in [0.2, 0.25) is 0 Å². The first-order valence-corrected chi connectivity index (χ1v) is 4.95. The molecule has 0 aromatic heterocycles. The summed E-state index contributed by atoms with van der Waals surface area (Å²) in [6.45, 7) is 7.25. The van der Waals surface area contributed by atoms with E-state index in [4.69, 9.17) is 9.47 Å². The van der Waals surface area contributed by atoms with E-state index in [1.807, 2.05) is 0 Å². The molecule has 72 valence electrons. The Morgan fingerprint density at radius 2 is 2.17 bits per heavy atom. The summed E-state index contributed by atoms with van der Waals surface area (Å²) < 4.78 is 11.2. The monoisotopic (exact) mass is 172 g/mol. The lowest BCUT2D eigenvalue weighted by molar-refractivity contribution is -0.193. The van der Waals surface area contributed by atoms with Crippen molar-refractivity contribution in [2.24, 2.45) is 5.92 Å². The van der Waals surface area contributed by atoms with Gasteiger partial charge in [-0.15, -0.1) is 0 Å². The highest BCUT2D eigenvalue weighted by atomic mass is 16.7. The smallest absolute Gasteiger partial charge is 0.157 e. The van der Waals surface area contributed by atoms with Crippen molar-refractivity contribution in [2.45, 2.75) is 52.4 Å². The molecule has 0 aliphatic carbocycles. The number of ether oxygens (including phenoxy) is 2. The third kappa shape index (κ3) is 3.55. The Hall–Kier alpha value is -0.0800. The molecule has 1 unspecified atom stereocenters. The molecule has 2 nitrogen and oxygen atoms in total. The molecule has 0 N–H and O–H groups in total. The molecule has 0 amide bonds. The van der Waals surface area contributed by atoms with E-state index >= 15 is 0 Å². The van der Waals surface area contributed by atoms with Crippen molar-refractivity contribution in [1.82, 2.24) is 0 Å². The minimum absolute atomic E-state index is 0.0659. The maximum Gasteiger partial charge on any atom is 0.157 e. The van der Waals surface area contributed by atoms with Gasteiger partial charge in [0, 0.05) is 0 Å². The van der Waals surface area contributed by atoms with Crippen LogP contribution in [0.1, 0.15) is 40.0 Å². The molecule has 1 fully saturated rings. The third-order valence-electron chi connectivity index (χ3n) is 2.05. The molecule has 0 saturated carbocycles. The largest absolute Gasteiger partial charge is 0.352 e. The predicted octanol–water partition coefficient (Wildman–Crippen LogP) is 2.57. The van der Waals surface area contributed by atoms with Gasteiger partial charge in [0.1, 0.15) is 0 Å². The van der Waals surface area contributed by atoms with E-state index in [9.17, 15) is 0 Å². The summed E-state index contributed by atoms with van der Waals surface area (Å²) in [4.78, 5) is 0. The van der Waals surface area contributed by atoms with Crippen molar-refractivity contribution >= 4 is 0 Å². The van der Waals surface area contributed by atoms with Gasteiger partial charge in [-0.05, 0) is 32.1 Å². The Morgan fingerprint density at radius 1 is 1.42 bits per heavy atom. The minimum Gasteiger partial charge on any atom is -0.352 e. The molecule has 2 atom stereocenters. The second-order valence-corrected chi connectivity index (χ2v) is 4.03. The average Bonchev–Trinajstić information content (AvgIpc) is 2.01. The van der Waals surface area contributed by atoms with Crippen molar-refractivity contribution in [2.75, 3.05) is 6.61 Å². The van der Waals surface area contributed by atoms with E-state index in [2.05, 4.69) is 20.8 Å². The minimum atomic E-state index is 0.0659. The Balaban J connectivity index is 2.14. The normalized spacial score (nSPS) is 31.0. The van der Waals surface area contributed by atoms with Crippen molar-refractivity contribution < 1.29 is 9.47 Å². The zero-order chi connectivity index (χ0) is 8.97. The predicted molar refractivity (Wildman–Crippen MR) is 49.0 cm³/mol. The van der Waals surface area contributed by atoms with Gasteiger partial charge in [0.25, 0.3) is 0 Å². The molecule has 1 aliphatic rings. The first-order valence-electron chi connectivity index (χ1n) is 4.95. The summed E-state index contributed by atoms with van der Waals surface area (Å²) in [7, 11) is 0. The molecule has 12 heavy (non-hydrogen) atoms. The van der Waals surface area contributed by atoms with Crippen LogP contribution in [-0.4, -0.2) is 19.0 Å². The van der Waals surface area contributed by atoms with Crippen LogP contribution in [0.3, 0.4) is 0 Å². The summed E-state index contributed by atoms with van der Waals surface area (Å²) in [5, 5.41) is 0. The molecule has 0 spiro atoms. The van der Waals surface area contributed by atoms with Crippen LogP contribution in [-0.2, 0) is 9.47 Å². The molecule has 0 aromatic rings. The Kier molecular flexibility index (Phi) is 4.02. The summed E-state index contributed by atoms with van der Waals surface area (Å²) in [6, 6.07) is 0. The average molecular weight is 172 g/mol. The van der Waals surface area contributed by atoms with Gasteiger partial charge in [-0.3, -0.25) is 0 Å². The molecule has 0 aromatic carbocycles. The van der Waals surface area contributed by atoms with E-state index in [0.717, 1.165) is 13.0 Å². The topological polar surface area (TPSA) is 18.5 Å². The highest BCUT2D eigenvalue weighted by molar-refractivity contribution is 4.61. The van der Waals surface area contributed by atoms with E-state index in [-0.39, 0.29) is 6.29 Å². The van der Waals surface area contributed by atoms with E-state index < -0.39 is 0 Å². The van der Waals surface area contributed by atoms with Gasteiger partial charge in [-0.2, -0.15) is 0 Å². The Labute approximate surface area is 75.2 Å². The number of rotatable bonds is 3. The summed E-state index contributed by atoms with van der Waals surface area (Å²) in [6.07, 6.45) is 3.94. The first-order chi connectivity index (χ1) is 5.68. The zero-order valence-electron chi connectivity index (χ0n) is 8.38. The van der Waals surface area contributed by atoms with Gasteiger partial charge < -0.3 is 9.47 Å². The molecule has 1 heterocycles. The SMILES string of the molecule is CC(C)COC1CCC[C@@H](C)O1. The van der Waals surface area contributed by atoms with Crippen molar-refractivity contribution in [1.29, 1.82) is 0 Å². The second-order valence-electron chi connectivity index (χ2n) is 4.03. The fraction of sp³-hybridized carbons (Fsp3) is 1.00. The Morgan fingerprint density at radius 3 is 2.75 bits per heavy atom. The fourth-order valence-corrected chi connectivity index (χ4v) is 1.39. The van der Waals surface area contributed by atoms with Crippen molar-refractivity contribution in [3.8, 4) is 0 Å². The van der Waals surface area contributed by atoms with Crippen molar-refractivity contribution in [3.63, 3.8) is 0 Å². The van der Waals surface area contributed by atoms with Crippen LogP contribution in [0.5, 0.6) is 0 Å². The van der Waals surface area contributed by atoms with E-state index in [1.165, 1.54) is 12.8 Å². The molecule has 1 aliphatic heterocycles. The van der Waals surface area contributed by atoms with Crippen LogP contribution in [0.25, 0.3) is 0 Å². The highest BCUT2D eigenvalue weighted by Crippen LogP contribution is 2.19. The highest BCUT2D eigenvalue weighted by Gasteiger charge is 2.19. The molecular formula is C10H20O2. The molecule has 2 heteroatoms. The van der Waals surface area contributed by atoms with Gasteiger partial charge in [0.05, 0.1) is 12.7 Å². The summed E-state index contributed by atoms with van der Waals surface area (Å²) in [5.74, 6) is 0.603. The van der Waals surface area contributed by atoms with Crippen LogP contribution < -0.4 is 0 Å². The van der Waals surface area contributed by atoms with E-state index in [0.29, 0.717) is 12.0 Å². The van der Waals surface area contributed by atoms with Gasteiger partial charge in [0.15, 0.2) is 6.29 Å². The lowest BCUT2D eigenvalue weighted by Crippen LogP contribution is -2.28. The van der Waals surface area contributed by atoms with Crippen LogP contribution in [0, 0.1) is 5.92 Å². The first kappa shape index (κ1) is 10.0. The zero-order valence-corrected chi connectivity index (χ0v) is 8.38. The van der Waals surface area contributed by atoms with Gasteiger partial charge in [-0.1, -0.05) is 13.8 Å². The lowest BCUT2D eigenvalue weighted by atomic mass is 10.1. The number of hydrogen-bond acceptors (Lipinski definition) is 2. The van der Waals surface area contributed by atoms with Crippen LogP contribution in [0.4, 0.5) is 0 Å². The van der Waals surface area contributed by atoms with Crippen LogP contribution in [0.2, 0.25) is 0 Å². The molecular weight excluding hydrogens is 152 g/mol.